The van der Waals surface area contributed by atoms with Gasteiger partial charge in [-0.2, -0.15) is 0 Å². The Bertz CT molecular complexity index is 603. The number of aliphatic hydroxyl groups is 1. The van der Waals surface area contributed by atoms with E-state index in [2.05, 4.69) is 36.3 Å². The van der Waals surface area contributed by atoms with Crippen LogP contribution in [0.1, 0.15) is 42.7 Å². The van der Waals surface area contributed by atoms with Crippen molar-refractivity contribution >= 4 is 17.2 Å². The number of carbonyl (C=O) groups excluding carboxylic acids is 1. The first-order valence-corrected chi connectivity index (χ1v) is 7.87. The van der Waals surface area contributed by atoms with Gasteiger partial charge < -0.3 is 10.4 Å². The van der Waals surface area contributed by atoms with Gasteiger partial charge in [-0.05, 0) is 18.4 Å². The predicted molar refractivity (Wildman–Crippen MR) is 85.7 cm³/mol. The maximum Gasteiger partial charge on any atom is 0.270 e. The van der Waals surface area contributed by atoms with E-state index >= 15 is 0 Å². The van der Waals surface area contributed by atoms with Crippen molar-refractivity contribution in [2.24, 2.45) is 0 Å². The van der Waals surface area contributed by atoms with Gasteiger partial charge in [-0.15, -0.1) is 11.3 Å². The molecular formula is C16H20N2O2S. The van der Waals surface area contributed by atoms with Crippen molar-refractivity contribution < 1.29 is 9.90 Å². The Kier molecular flexibility index (Phi) is 5.09. The Morgan fingerprint density at radius 3 is 2.52 bits per heavy atom. The van der Waals surface area contributed by atoms with Crippen molar-refractivity contribution in [2.75, 3.05) is 6.54 Å². The Morgan fingerprint density at radius 1 is 1.29 bits per heavy atom. The number of aromatic nitrogens is 1. The topological polar surface area (TPSA) is 62.2 Å². The molecule has 112 valence electrons. The second-order valence-corrected chi connectivity index (χ2v) is 6.23. The molecule has 0 spiro atoms. The maximum atomic E-state index is 11.9. The first kappa shape index (κ1) is 15.7. The van der Waals surface area contributed by atoms with Crippen LogP contribution in [0.25, 0.3) is 10.6 Å². The number of nitrogens with one attached hydrogen (secondary N) is 1. The van der Waals surface area contributed by atoms with Crippen LogP contribution in [-0.4, -0.2) is 28.6 Å². The summed E-state index contributed by atoms with van der Waals surface area (Å²) in [7, 11) is 0. The van der Waals surface area contributed by atoms with Crippen LogP contribution in [0.2, 0.25) is 0 Å². The molecule has 0 aliphatic rings. The molecule has 1 unspecified atom stereocenters. The minimum absolute atomic E-state index is 0.231. The molecular weight excluding hydrogens is 284 g/mol. The van der Waals surface area contributed by atoms with Gasteiger partial charge in [0.05, 0.1) is 6.10 Å². The summed E-state index contributed by atoms with van der Waals surface area (Å²) in [6.45, 7) is 6.17. The third-order valence-electron chi connectivity index (χ3n) is 3.12. The summed E-state index contributed by atoms with van der Waals surface area (Å²) in [4.78, 5) is 16.2. The van der Waals surface area contributed by atoms with Crippen LogP contribution in [0.4, 0.5) is 0 Å². The van der Waals surface area contributed by atoms with Gasteiger partial charge in [-0.25, -0.2) is 4.98 Å². The third-order valence-corrected chi connectivity index (χ3v) is 4.01. The SMILES string of the molecule is CC(O)CNC(=O)c1csc(-c2ccc(C(C)C)cc2)n1. The van der Waals surface area contributed by atoms with E-state index in [0.29, 0.717) is 11.6 Å². The number of hydrogen-bond acceptors (Lipinski definition) is 4. The molecule has 2 rings (SSSR count). The van der Waals surface area contributed by atoms with Crippen LogP contribution >= 0.6 is 11.3 Å². The number of carbonyl (C=O) groups is 1. The molecule has 21 heavy (non-hydrogen) atoms. The molecule has 1 aromatic carbocycles. The lowest BCUT2D eigenvalue weighted by atomic mass is 10.0. The lowest BCUT2D eigenvalue weighted by Crippen LogP contribution is -2.30. The van der Waals surface area contributed by atoms with Gasteiger partial charge in [0.25, 0.3) is 5.91 Å². The number of benzene rings is 1. The number of nitrogens with zero attached hydrogens (tertiary/aromatic N) is 1. The van der Waals surface area contributed by atoms with Crippen molar-refractivity contribution in [3.63, 3.8) is 0 Å². The van der Waals surface area contributed by atoms with Gasteiger partial charge in [0.15, 0.2) is 0 Å². The number of thiazole rings is 1. The van der Waals surface area contributed by atoms with E-state index in [4.69, 9.17) is 5.11 Å². The van der Waals surface area contributed by atoms with Crippen LogP contribution in [-0.2, 0) is 0 Å². The standard InChI is InChI=1S/C16H20N2O2S/c1-10(2)12-4-6-13(7-5-12)16-18-14(9-21-16)15(20)17-8-11(3)19/h4-7,9-11,19H,8H2,1-3H3,(H,17,20). The normalized spacial score (nSPS) is 12.4. The largest absolute Gasteiger partial charge is 0.392 e. The second-order valence-electron chi connectivity index (χ2n) is 5.37. The van der Waals surface area contributed by atoms with Crippen molar-refractivity contribution in [3.05, 3.63) is 40.9 Å². The van der Waals surface area contributed by atoms with E-state index in [1.165, 1.54) is 16.9 Å². The van der Waals surface area contributed by atoms with E-state index in [1.807, 2.05) is 12.1 Å². The first-order chi connectivity index (χ1) is 9.97. The summed E-state index contributed by atoms with van der Waals surface area (Å²) in [5, 5.41) is 14.4. The molecule has 0 radical (unpaired) electrons. The van der Waals surface area contributed by atoms with Crippen LogP contribution in [0.3, 0.4) is 0 Å². The molecule has 2 N–H and O–H groups in total. The number of aliphatic hydroxyl groups excluding tert-OH is 1. The predicted octanol–water partition coefficient (Wildman–Crippen LogP) is 3.04. The highest BCUT2D eigenvalue weighted by Crippen LogP contribution is 2.25. The Labute approximate surface area is 128 Å². The fourth-order valence-electron chi connectivity index (χ4n) is 1.85. The van der Waals surface area contributed by atoms with Crippen LogP contribution < -0.4 is 5.32 Å². The van der Waals surface area contributed by atoms with E-state index in [1.54, 1.807) is 12.3 Å². The van der Waals surface area contributed by atoms with Gasteiger partial charge in [0.2, 0.25) is 0 Å². The zero-order chi connectivity index (χ0) is 15.4. The molecule has 4 nitrogen and oxygen atoms in total. The summed E-state index contributed by atoms with van der Waals surface area (Å²) in [5.41, 5.74) is 2.69. The lowest BCUT2D eigenvalue weighted by Gasteiger charge is -2.05. The van der Waals surface area contributed by atoms with Crippen LogP contribution in [0.15, 0.2) is 29.6 Å². The average Bonchev–Trinajstić information content (AvgIpc) is 2.94. The first-order valence-electron chi connectivity index (χ1n) is 6.99. The molecule has 0 aliphatic heterocycles. The van der Waals surface area contributed by atoms with Crippen LogP contribution in [0.5, 0.6) is 0 Å². The summed E-state index contributed by atoms with van der Waals surface area (Å²) in [6, 6.07) is 8.25. The minimum atomic E-state index is -0.560. The van der Waals surface area contributed by atoms with Gasteiger partial charge in [0.1, 0.15) is 10.7 Å². The average molecular weight is 304 g/mol. The molecule has 1 aromatic heterocycles. The summed E-state index contributed by atoms with van der Waals surface area (Å²) in [6.07, 6.45) is -0.560. The van der Waals surface area contributed by atoms with E-state index in [9.17, 15) is 4.79 Å². The van der Waals surface area contributed by atoms with Crippen molar-refractivity contribution in [1.82, 2.24) is 10.3 Å². The maximum absolute atomic E-state index is 11.9. The highest BCUT2D eigenvalue weighted by atomic mass is 32.1. The third kappa shape index (κ3) is 4.12. The Morgan fingerprint density at radius 2 is 1.95 bits per heavy atom. The fraction of sp³-hybridized carbons (Fsp3) is 0.375. The monoisotopic (exact) mass is 304 g/mol. The molecule has 1 amide bonds. The fourth-order valence-corrected chi connectivity index (χ4v) is 2.66. The van der Waals surface area contributed by atoms with Crippen molar-refractivity contribution in [3.8, 4) is 10.6 Å². The minimum Gasteiger partial charge on any atom is -0.392 e. The molecule has 2 aromatic rings. The number of hydrogen-bond donors (Lipinski definition) is 2. The van der Waals surface area contributed by atoms with Crippen molar-refractivity contribution in [2.45, 2.75) is 32.8 Å². The Balaban J connectivity index is 2.10. The summed E-state index contributed by atoms with van der Waals surface area (Å²) < 4.78 is 0. The van der Waals surface area contributed by atoms with Crippen LogP contribution in [0, 0.1) is 0 Å². The zero-order valence-corrected chi connectivity index (χ0v) is 13.3. The smallest absolute Gasteiger partial charge is 0.270 e. The Hall–Kier alpha value is -1.72. The molecule has 0 bridgehead atoms. The quantitative estimate of drug-likeness (QED) is 0.892. The molecule has 0 saturated carbocycles. The second kappa shape index (κ2) is 6.83. The van der Waals surface area contributed by atoms with E-state index in [0.717, 1.165) is 10.6 Å². The molecule has 0 fully saturated rings. The number of rotatable bonds is 5. The molecule has 0 saturated heterocycles. The van der Waals surface area contributed by atoms with Gasteiger partial charge >= 0.3 is 0 Å². The zero-order valence-electron chi connectivity index (χ0n) is 12.5. The summed E-state index contributed by atoms with van der Waals surface area (Å²) in [5.74, 6) is 0.245. The molecule has 1 heterocycles. The van der Waals surface area contributed by atoms with Gasteiger partial charge in [0, 0.05) is 17.5 Å². The van der Waals surface area contributed by atoms with E-state index in [-0.39, 0.29) is 12.5 Å². The van der Waals surface area contributed by atoms with Crippen molar-refractivity contribution in [1.29, 1.82) is 0 Å². The highest BCUT2D eigenvalue weighted by molar-refractivity contribution is 7.13. The molecule has 5 heteroatoms. The van der Waals surface area contributed by atoms with E-state index < -0.39 is 6.10 Å². The lowest BCUT2D eigenvalue weighted by molar-refractivity contribution is 0.0920. The van der Waals surface area contributed by atoms with Gasteiger partial charge in [-0.3, -0.25) is 4.79 Å². The van der Waals surface area contributed by atoms with Gasteiger partial charge in [-0.1, -0.05) is 38.1 Å². The number of amides is 1. The highest BCUT2D eigenvalue weighted by Gasteiger charge is 2.12. The molecule has 0 aliphatic carbocycles. The molecule has 1 atom stereocenters. The summed E-state index contributed by atoms with van der Waals surface area (Å²) >= 11 is 1.45.